The minimum Gasteiger partial charge on any atom is -0.497 e. The first-order valence-electron chi connectivity index (χ1n) is 4.19. The Kier molecular flexibility index (Phi) is 3.75. The molecule has 0 amide bonds. The number of nitrogens with one attached hydrogen (secondary N) is 1. The summed E-state index contributed by atoms with van der Waals surface area (Å²) in [5.41, 5.74) is 1.21. The molecule has 0 aromatic heterocycles. The predicted molar refractivity (Wildman–Crippen MR) is 58.2 cm³/mol. The predicted octanol–water partition coefficient (Wildman–Crippen LogP) is 2.74. The van der Waals surface area contributed by atoms with Gasteiger partial charge in [-0.3, -0.25) is 0 Å². The zero-order chi connectivity index (χ0) is 9.84. The number of ether oxygens (including phenoxy) is 1. The molecule has 1 N–H and O–H groups in total. The van der Waals surface area contributed by atoms with Crippen molar-refractivity contribution in [2.45, 2.75) is 13.0 Å². The van der Waals surface area contributed by atoms with Crippen LogP contribution in [0.2, 0.25) is 0 Å². The molecule has 0 aliphatic heterocycles. The maximum atomic E-state index is 5.16. The lowest BCUT2D eigenvalue weighted by Gasteiger charge is -2.13. The van der Waals surface area contributed by atoms with E-state index in [1.807, 2.05) is 25.2 Å². The maximum Gasteiger partial charge on any atom is 0.119 e. The normalized spacial score (nSPS) is 12.6. The molecule has 13 heavy (non-hydrogen) atoms. The highest BCUT2D eigenvalue weighted by molar-refractivity contribution is 9.10. The minimum absolute atomic E-state index is 0.324. The van der Waals surface area contributed by atoms with Crippen molar-refractivity contribution in [3.8, 4) is 5.75 Å². The number of hydrogen-bond donors (Lipinski definition) is 1. The van der Waals surface area contributed by atoms with Gasteiger partial charge in [0.2, 0.25) is 0 Å². The number of halogens is 1. The molecule has 1 atom stereocenters. The zero-order valence-corrected chi connectivity index (χ0v) is 9.68. The number of methoxy groups -OCH3 is 1. The van der Waals surface area contributed by atoms with Crippen LogP contribution in [-0.4, -0.2) is 14.2 Å². The lowest BCUT2D eigenvalue weighted by atomic mass is 10.1. The SMILES string of the molecule is CNC(C)c1cc(OC)ccc1Br. The molecule has 0 spiro atoms. The highest BCUT2D eigenvalue weighted by Gasteiger charge is 2.07. The van der Waals surface area contributed by atoms with Gasteiger partial charge in [0.05, 0.1) is 7.11 Å². The van der Waals surface area contributed by atoms with Crippen LogP contribution in [0.3, 0.4) is 0 Å². The van der Waals surface area contributed by atoms with E-state index in [-0.39, 0.29) is 0 Å². The van der Waals surface area contributed by atoms with E-state index in [2.05, 4.69) is 28.2 Å². The lowest BCUT2D eigenvalue weighted by molar-refractivity contribution is 0.413. The average molecular weight is 244 g/mol. The third kappa shape index (κ3) is 2.45. The summed E-state index contributed by atoms with van der Waals surface area (Å²) in [5.74, 6) is 0.889. The maximum absolute atomic E-state index is 5.16. The Morgan fingerprint density at radius 1 is 1.46 bits per heavy atom. The Bertz CT molecular complexity index is 288. The smallest absolute Gasteiger partial charge is 0.119 e. The van der Waals surface area contributed by atoms with E-state index >= 15 is 0 Å². The van der Waals surface area contributed by atoms with Crippen molar-refractivity contribution >= 4 is 15.9 Å². The molecular formula is C10H14BrNO. The van der Waals surface area contributed by atoms with Gasteiger partial charge in [-0.1, -0.05) is 15.9 Å². The Hall–Kier alpha value is -0.540. The molecule has 1 rings (SSSR count). The fourth-order valence-corrected chi connectivity index (χ4v) is 1.73. The van der Waals surface area contributed by atoms with E-state index in [0.29, 0.717) is 6.04 Å². The zero-order valence-electron chi connectivity index (χ0n) is 8.10. The number of rotatable bonds is 3. The molecule has 0 heterocycles. The van der Waals surface area contributed by atoms with Crippen molar-refractivity contribution in [2.24, 2.45) is 0 Å². The summed E-state index contributed by atoms with van der Waals surface area (Å²) in [6.45, 7) is 2.11. The van der Waals surface area contributed by atoms with E-state index in [1.165, 1.54) is 5.56 Å². The van der Waals surface area contributed by atoms with Crippen LogP contribution in [0.15, 0.2) is 22.7 Å². The summed E-state index contributed by atoms with van der Waals surface area (Å²) in [7, 11) is 3.62. The molecule has 0 fully saturated rings. The van der Waals surface area contributed by atoms with Gasteiger partial charge in [-0.25, -0.2) is 0 Å². The van der Waals surface area contributed by atoms with Crippen LogP contribution in [0.1, 0.15) is 18.5 Å². The van der Waals surface area contributed by atoms with E-state index in [9.17, 15) is 0 Å². The second kappa shape index (κ2) is 4.63. The van der Waals surface area contributed by atoms with Gasteiger partial charge in [0, 0.05) is 10.5 Å². The first-order chi connectivity index (χ1) is 6.19. The summed E-state index contributed by atoms with van der Waals surface area (Å²) in [6, 6.07) is 6.30. The summed E-state index contributed by atoms with van der Waals surface area (Å²) >= 11 is 3.51. The van der Waals surface area contributed by atoms with Crippen LogP contribution < -0.4 is 10.1 Å². The molecule has 0 aliphatic carbocycles. The molecular weight excluding hydrogens is 230 g/mol. The summed E-state index contributed by atoms with van der Waals surface area (Å²) < 4.78 is 6.26. The van der Waals surface area contributed by atoms with Gasteiger partial charge in [0.1, 0.15) is 5.75 Å². The molecule has 1 aromatic carbocycles. The topological polar surface area (TPSA) is 21.3 Å². The lowest BCUT2D eigenvalue weighted by Crippen LogP contribution is -2.12. The summed E-state index contributed by atoms with van der Waals surface area (Å²) in [6.07, 6.45) is 0. The first kappa shape index (κ1) is 10.5. The van der Waals surface area contributed by atoms with Crippen LogP contribution in [0.25, 0.3) is 0 Å². The van der Waals surface area contributed by atoms with Crippen molar-refractivity contribution in [3.63, 3.8) is 0 Å². The van der Waals surface area contributed by atoms with E-state index < -0.39 is 0 Å². The number of benzene rings is 1. The van der Waals surface area contributed by atoms with Gasteiger partial charge in [0.25, 0.3) is 0 Å². The van der Waals surface area contributed by atoms with Gasteiger partial charge in [0.15, 0.2) is 0 Å². The van der Waals surface area contributed by atoms with Crippen LogP contribution in [0.4, 0.5) is 0 Å². The molecule has 0 saturated carbocycles. The van der Waals surface area contributed by atoms with Gasteiger partial charge in [-0.2, -0.15) is 0 Å². The van der Waals surface area contributed by atoms with Crippen LogP contribution in [0.5, 0.6) is 5.75 Å². The van der Waals surface area contributed by atoms with Crippen molar-refractivity contribution < 1.29 is 4.74 Å². The van der Waals surface area contributed by atoms with Gasteiger partial charge < -0.3 is 10.1 Å². The fraction of sp³-hybridized carbons (Fsp3) is 0.400. The van der Waals surface area contributed by atoms with Crippen molar-refractivity contribution in [1.29, 1.82) is 0 Å². The number of hydrogen-bond acceptors (Lipinski definition) is 2. The molecule has 0 saturated heterocycles. The Labute approximate surface area is 87.4 Å². The minimum atomic E-state index is 0.324. The van der Waals surface area contributed by atoms with Crippen molar-refractivity contribution in [2.75, 3.05) is 14.2 Å². The standard InChI is InChI=1S/C10H14BrNO/c1-7(12-2)9-6-8(13-3)4-5-10(9)11/h4-7,12H,1-3H3. The summed E-state index contributed by atoms with van der Waals surface area (Å²) in [5, 5.41) is 3.19. The van der Waals surface area contributed by atoms with Gasteiger partial charge >= 0.3 is 0 Å². The van der Waals surface area contributed by atoms with Gasteiger partial charge in [-0.15, -0.1) is 0 Å². The third-order valence-corrected chi connectivity index (χ3v) is 2.82. The molecule has 1 aromatic rings. The van der Waals surface area contributed by atoms with Crippen LogP contribution in [0, 0.1) is 0 Å². The molecule has 2 nitrogen and oxygen atoms in total. The molecule has 0 bridgehead atoms. The largest absolute Gasteiger partial charge is 0.497 e. The Morgan fingerprint density at radius 2 is 2.15 bits per heavy atom. The highest BCUT2D eigenvalue weighted by Crippen LogP contribution is 2.27. The second-order valence-electron chi connectivity index (χ2n) is 2.90. The quantitative estimate of drug-likeness (QED) is 0.882. The fourth-order valence-electron chi connectivity index (χ4n) is 1.14. The van der Waals surface area contributed by atoms with Crippen molar-refractivity contribution in [3.05, 3.63) is 28.2 Å². The molecule has 3 heteroatoms. The molecule has 0 aliphatic rings. The van der Waals surface area contributed by atoms with E-state index in [0.717, 1.165) is 10.2 Å². The Balaban J connectivity index is 3.03. The van der Waals surface area contributed by atoms with E-state index in [4.69, 9.17) is 4.74 Å². The first-order valence-corrected chi connectivity index (χ1v) is 4.99. The molecule has 1 unspecified atom stereocenters. The molecule has 72 valence electrons. The second-order valence-corrected chi connectivity index (χ2v) is 3.75. The highest BCUT2D eigenvalue weighted by atomic mass is 79.9. The van der Waals surface area contributed by atoms with Gasteiger partial charge in [-0.05, 0) is 37.7 Å². The average Bonchev–Trinajstić information content (AvgIpc) is 2.17. The van der Waals surface area contributed by atoms with Crippen LogP contribution >= 0.6 is 15.9 Å². The van der Waals surface area contributed by atoms with Crippen molar-refractivity contribution in [1.82, 2.24) is 5.32 Å². The Morgan fingerprint density at radius 3 is 2.69 bits per heavy atom. The van der Waals surface area contributed by atoms with E-state index in [1.54, 1.807) is 7.11 Å². The van der Waals surface area contributed by atoms with Crippen LogP contribution in [-0.2, 0) is 0 Å². The molecule has 0 radical (unpaired) electrons. The third-order valence-electron chi connectivity index (χ3n) is 2.10. The summed E-state index contributed by atoms with van der Waals surface area (Å²) in [4.78, 5) is 0. The monoisotopic (exact) mass is 243 g/mol.